The van der Waals surface area contributed by atoms with E-state index < -0.39 is 11.1 Å². The monoisotopic (exact) mass is 239 g/mol. The lowest BCUT2D eigenvalue weighted by Crippen LogP contribution is -2.06. The van der Waals surface area contributed by atoms with Gasteiger partial charge in [0.25, 0.3) is 5.24 Å². The Bertz CT molecular complexity index is 513. The van der Waals surface area contributed by atoms with E-state index in [1.807, 2.05) is 0 Å². The van der Waals surface area contributed by atoms with Crippen LogP contribution in [0.5, 0.6) is 0 Å². The molecule has 0 bridgehead atoms. The van der Waals surface area contributed by atoms with Crippen LogP contribution in [0.4, 0.5) is 4.39 Å². The molecule has 0 aliphatic heterocycles. The van der Waals surface area contributed by atoms with E-state index in [2.05, 4.69) is 10.3 Å². The number of rotatable bonds is 3. The molecule has 0 fully saturated rings. The van der Waals surface area contributed by atoms with Crippen molar-refractivity contribution in [1.82, 2.24) is 15.0 Å². The van der Waals surface area contributed by atoms with Gasteiger partial charge in [-0.2, -0.15) is 0 Å². The molecular weight excluding hydrogens is 233 g/mol. The molecule has 0 saturated heterocycles. The number of carbonyl (C=O) groups is 1. The predicted octanol–water partition coefficient (Wildman–Crippen LogP) is 1.84. The third kappa shape index (κ3) is 2.09. The summed E-state index contributed by atoms with van der Waals surface area (Å²) < 4.78 is 15.2. The van der Waals surface area contributed by atoms with Crippen LogP contribution >= 0.6 is 11.6 Å². The number of carbonyl (C=O) groups excluding carboxylic acids is 1. The summed E-state index contributed by atoms with van der Waals surface area (Å²) in [4.78, 5) is 10.9. The molecule has 2 aromatic rings. The van der Waals surface area contributed by atoms with Crippen LogP contribution in [0.3, 0.4) is 0 Å². The van der Waals surface area contributed by atoms with Crippen LogP contribution in [0.15, 0.2) is 30.6 Å². The highest BCUT2D eigenvalue weighted by atomic mass is 35.5. The summed E-state index contributed by atoms with van der Waals surface area (Å²) in [6.45, 7) is 0.212. The molecule has 16 heavy (non-hydrogen) atoms. The van der Waals surface area contributed by atoms with Crippen LogP contribution in [0, 0.1) is 5.82 Å². The summed E-state index contributed by atoms with van der Waals surface area (Å²) >= 11 is 5.25. The molecule has 2 rings (SSSR count). The van der Waals surface area contributed by atoms with Gasteiger partial charge in [-0.25, -0.2) is 9.07 Å². The summed E-state index contributed by atoms with van der Waals surface area (Å²) in [5.74, 6) is -0.613. The normalized spacial score (nSPS) is 10.4. The molecule has 6 heteroatoms. The molecule has 1 aromatic carbocycles. The molecule has 0 spiro atoms. The summed E-state index contributed by atoms with van der Waals surface area (Å²) in [5, 5.41) is 6.50. The first-order valence-electron chi connectivity index (χ1n) is 4.50. The van der Waals surface area contributed by atoms with E-state index in [0.29, 0.717) is 5.56 Å². The van der Waals surface area contributed by atoms with Gasteiger partial charge in [-0.05, 0) is 17.7 Å². The standard InChI is InChI=1S/C10H7ClFN3O/c11-10(16)8-3-1-2-7(9(8)12)6-15-5-4-13-14-15/h1-5H,6H2. The number of hydrogen-bond acceptors (Lipinski definition) is 3. The highest BCUT2D eigenvalue weighted by Gasteiger charge is 2.13. The van der Waals surface area contributed by atoms with E-state index in [-0.39, 0.29) is 12.1 Å². The van der Waals surface area contributed by atoms with Crippen molar-refractivity contribution >= 4 is 16.8 Å². The lowest BCUT2D eigenvalue weighted by molar-refractivity contribution is 0.107. The first-order valence-corrected chi connectivity index (χ1v) is 4.87. The number of hydrogen-bond donors (Lipinski definition) is 0. The lowest BCUT2D eigenvalue weighted by Gasteiger charge is -2.05. The highest BCUT2D eigenvalue weighted by Crippen LogP contribution is 2.15. The number of nitrogens with zero attached hydrogens (tertiary/aromatic N) is 3. The highest BCUT2D eigenvalue weighted by molar-refractivity contribution is 6.67. The lowest BCUT2D eigenvalue weighted by atomic mass is 10.1. The van der Waals surface area contributed by atoms with Crippen molar-refractivity contribution in [3.8, 4) is 0 Å². The molecule has 1 aromatic heterocycles. The van der Waals surface area contributed by atoms with Gasteiger partial charge in [-0.1, -0.05) is 17.3 Å². The molecule has 0 aliphatic rings. The van der Waals surface area contributed by atoms with Gasteiger partial charge in [0.1, 0.15) is 5.82 Å². The Morgan fingerprint density at radius 2 is 2.31 bits per heavy atom. The zero-order valence-corrected chi connectivity index (χ0v) is 8.86. The number of halogens is 2. The first-order chi connectivity index (χ1) is 7.68. The summed E-state index contributed by atoms with van der Waals surface area (Å²) in [5.41, 5.74) is 0.219. The van der Waals surface area contributed by atoms with Gasteiger partial charge >= 0.3 is 0 Å². The van der Waals surface area contributed by atoms with Crippen LogP contribution in [0.1, 0.15) is 15.9 Å². The Kier molecular flexibility index (Phi) is 2.96. The minimum Gasteiger partial charge on any atom is -0.275 e. The Morgan fingerprint density at radius 1 is 1.50 bits per heavy atom. The van der Waals surface area contributed by atoms with Crippen LogP contribution < -0.4 is 0 Å². The average molecular weight is 240 g/mol. The zero-order valence-electron chi connectivity index (χ0n) is 8.10. The summed E-state index contributed by atoms with van der Waals surface area (Å²) in [6.07, 6.45) is 3.10. The molecule has 0 saturated carbocycles. The summed E-state index contributed by atoms with van der Waals surface area (Å²) in [7, 11) is 0. The average Bonchev–Trinajstić information content (AvgIpc) is 2.73. The molecule has 0 N–H and O–H groups in total. The van der Waals surface area contributed by atoms with Crippen LogP contribution in [-0.4, -0.2) is 20.2 Å². The second kappa shape index (κ2) is 4.40. The quantitative estimate of drug-likeness (QED) is 0.768. The Balaban J connectivity index is 2.35. The Morgan fingerprint density at radius 3 is 2.94 bits per heavy atom. The summed E-state index contributed by atoms with van der Waals surface area (Å²) in [6, 6.07) is 4.49. The maximum atomic E-state index is 13.7. The smallest absolute Gasteiger partial charge is 0.255 e. The van der Waals surface area contributed by atoms with Gasteiger partial charge in [-0.15, -0.1) is 5.10 Å². The van der Waals surface area contributed by atoms with Crippen LogP contribution in [-0.2, 0) is 6.54 Å². The Labute approximate surface area is 95.6 Å². The van der Waals surface area contributed by atoms with Crippen molar-refractivity contribution in [2.45, 2.75) is 6.54 Å². The van der Waals surface area contributed by atoms with E-state index in [1.165, 1.54) is 16.9 Å². The van der Waals surface area contributed by atoms with Gasteiger partial charge in [0.2, 0.25) is 0 Å². The first kappa shape index (κ1) is 10.8. The van der Waals surface area contributed by atoms with Gasteiger partial charge < -0.3 is 0 Å². The topological polar surface area (TPSA) is 47.8 Å². The largest absolute Gasteiger partial charge is 0.275 e. The fourth-order valence-corrected chi connectivity index (χ4v) is 1.49. The maximum Gasteiger partial charge on any atom is 0.255 e. The maximum absolute atomic E-state index is 13.7. The van der Waals surface area contributed by atoms with Crippen molar-refractivity contribution in [1.29, 1.82) is 0 Å². The Hall–Kier alpha value is -1.75. The SMILES string of the molecule is O=C(Cl)c1cccc(Cn2ccnn2)c1F. The predicted molar refractivity (Wildman–Crippen MR) is 55.7 cm³/mol. The van der Waals surface area contributed by atoms with Crippen LogP contribution in [0.2, 0.25) is 0 Å². The fourth-order valence-electron chi connectivity index (χ4n) is 1.35. The van der Waals surface area contributed by atoms with Gasteiger partial charge in [0.15, 0.2) is 0 Å². The molecule has 4 nitrogen and oxygen atoms in total. The van der Waals surface area contributed by atoms with Gasteiger partial charge in [0, 0.05) is 11.8 Å². The second-order valence-electron chi connectivity index (χ2n) is 3.15. The van der Waals surface area contributed by atoms with E-state index in [1.54, 1.807) is 18.3 Å². The van der Waals surface area contributed by atoms with E-state index >= 15 is 0 Å². The van der Waals surface area contributed by atoms with Crippen molar-refractivity contribution in [3.63, 3.8) is 0 Å². The van der Waals surface area contributed by atoms with Gasteiger partial charge in [-0.3, -0.25) is 4.79 Å². The number of aromatic nitrogens is 3. The van der Waals surface area contributed by atoms with Crippen molar-refractivity contribution in [2.75, 3.05) is 0 Å². The molecule has 0 aliphatic carbocycles. The zero-order chi connectivity index (χ0) is 11.5. The van der Waals surface area contributed by atoms with E-state index in [0.717, 1.165) is 0 Å². The molecule has 0 radical (unpaired) electrons. The molecule has 1 heterocycles. The minimum atomic E-state index is -0.807. The molecule has 0 atom stereocenters. The van der Waals surface area contributed by atoms with Gasteiger partial charge in [0.05, 0.1) is 18.3 Å². The van der Waals surface area contributed by atoms with Crippen molar-refractivity contribution < 1.29 is 9.18 Å². The third-order valence-corrected chi connectivity index (χ3v) is 2.30. The van der Waals surface area contributed by atoms with E-state index in [9.17, 15) is 9.18 Å². The minimum absolute atomic E-state index is 0.126. The van der Waals surface area contributed by atoms with Crippen molar-refractivity contribution in [3.05, 3.63) is 47.5 Å². The fraction of sp³-hybridized carbons (Fsp3) is 0.100. The van der Waals surface area contributed by atoms with Crippen LogP contribution in [0.25, 0.3) is 0 Å². The third-order valence-electron chi connectivity index (χ3n) is 2.09. The van der Waals surface area contributed by atoms with E-state index in [4.69, 9.17) is 11.6 Å². The van der Waals surface area contributed by atoms with Crippen molar-refractivity contribution in [2.24, 2.45) is 0 Å². The molecule has 0 amide bonds. The molecular formula is C10H7ClFN3O. The number of benzene rings is 1. The second-order valence-corrected chi connectivity index (χ2v) is 3.50. The molecule has 0 unspecified atom stereocenters. The molecule has 82 valence electrons.